The van der Waals surface area contributed by atoms with Gasteiger partial charge in [0.15, 0.2) is 11.5 Å². The third kappa shape index (κ3) is 3.20. The molecule has 1 saturated heterocycles. The maximum Gasteiger partial charge on any atom is 0.231 e. The molecule has 0 bridgehead atoms. The molecule has 2 amide bonds. The Morgan fingerprint density at radius 3 is 2.85 bits per heavy atom. The summed E-state index contributed by atoms with van der Waals surface area (Å²) in [5, 5.41) is 3.39. The number of fused-ring (bicyclic) bond motifs is 1. The predicted molar refractivity (Wildman–Crippen MR) is 96.3 cm³/mol. The quantitative estimate of drug-likeness (QED) is 0.896. The van der Waals surface area contributed by atoms with Crippen LogP contribution in [-0.4, -0.2) is 25.2 Å². The van der Waals surface area contributed by atoms with Gasteiger partial charge in [-0.1, -0.05) is 29.8 Å². The van der Waals surface area contributed by atoms with Crippen LogP contribution in [0.4, 0.5) is 5.69 Å². The van der Waals surface area contributed by atoms with Gasteiger partial charge in [-0.2, -0.15) is 0 Å². The number of halogens is 1. The number of nitrogens with one attached hydrogen (secondary N) is 1. The molecule has 4 rings (SSSR count). The van der Waals surface area contributed by atoms with Crippen molar-refractivity contribution in [1.29, 1.82) is 0 Å². The Bertz CT molecular complexity index is 870. The number of amides is 2. The largest absolute Gasteiger partial charge is 0.454 e. The van der Waals surface area contributed by atoms with Crippen molar-refractivity contribution < 1.29 is 19.1 Å². The monoisotopic (exact) mass is 372 g/mol. The lowest BCUT2D eigenvalue weighted by molar-refractivity contribution is -0.126. The van der Waals surface area contributed by atoms with Gasteiger partial charge in [0.25, 0.3) is 0 Å². The second-order valence-electron chi connectivity index (χ2n) is 6.26. The standard InChI is InChI=1S/C19H17ClN2O4/c20-14-3-1-2-4-15(14)22-10-13(8-18(22)23)19(24)21-9-12-5-6-16-17(7-12)26-11-25-16/h1-7,13H,8-11H2,(H,21,24)/t13-/m1/s1. The Balaban J connectivity index is 1.38. The van der Waals surface area contributed by atoms with Crippen molar-refractivity contribution in [2.75, 3.05) is 18.2 Å². The highest BCUT2D eigenvalue weighted by Gasteiger charge is 2.35. The van der Waals surface area contributed by atoms with Crippen molar-refractivity contribution in [3.8, 4) is 11.5 Å². The summed E-state index contributed by atoms with van der Waals surface area (Å²) in [6.45, 7) is 0.912. The number of benzene rings is 2. The minimum atomic E-state index is -0.396. The number of carbonyl (C=O) groups is 2. The molecule has 7 heteroatoms. The van der Waals surface area contributed by atoms with Crippen LogP contribution in [0.5, 0.6) is 11.5 Å². The topological polar surface area (TPSA) is 67.9 Å². The van der Waals surface area contributed by atoms with E-state index in [1.54, 1.807) is 17.0 Å². The van der Waals surface area contributed by atoms with Crippen LogP contribution >= 0.6 is 11.6 Å². The van der Waals surface area contributed by atoms with Crippen LogP contribution in [-0.2, 0) is 16.1 Å². The lowest BCUT2D eigenvalue weighted by Gasteiger charge is -2.18. The third-order valence-corrected chi connectivity index (χ3v) is 4.86. The molecule has 2 aromatic rings. The second kappa shape index (κ2) is 6.88. The first-order valence-electron chi connectivity index (χ1n) is 8.33. The average molecular weight is 373 g/mol. The Hall–Kier alpha value is -2.73. The zero-order chi connectivity index (χ0) is 18.1. The van der Waals surface area contributed by atoms with E-state index in [9.17, 15) is 9.59 Å². The van der Waals surface area contributed by atoms with Crippen LogP contribution in [0, 0.1) is 5.92 Å². The predicted octanol–water partition coefficient (Wildman–Crippen LogP) is 2.74. The lowest BCUT2D eigenvalue weighted by Crippen LogP contribution is -2.32. The van der Waals surface area contributed by atoms with E-state index >= 15 is 0 Å². The van der Waals surface area contributed by atoms with E-state index in [1.807, 2.05) is 30.3 Å². The van der Waals surface area contributed by atoms with Gasteiger partial charge in [-0.3, -0.25) is 9.59 Å². The number of nitrogens with zero attached hydrogens (tertiary/aromatic N) is 1. The minimum absolute atomic E-state index is 0.0960. The van der Waals surface area contributed by atoms with Crippen LogP contribution in [0.15, 0.2) is 42.5 Å². The van der Waals surface area contributed by atoms with Crippen molar-refractivity contribution in [2.45, 2.75) is 13.0 Å². The lowest BCUT2D eigenvalue weighted by atomic mass is 10.1. The summed E-state index contributed by atoms with van der Waals surface area (Å²) < 4.78 is 10.6. The summed E-state index contributed by atoms with van der Waals surface area (Å²) in [4.78, 5) is 26.4. The van der Waals surface area contributed by atoms with Gasteiger partial charge in [0.05, 0.1) is 16.6 Å². The fourth-order valence-corrected chi connectivity index (χ4v) is 3.41. The molecule has 2 aliphatic rings. The first kappa shape index (κ1) is 16.7. The molecule has 2 heterocycles. The van der Waals surface area contributed by atoms with E-state index in [-0.39, 0.29) is 25.0 Å². The third-order valence-electron chi connectivity index (χ3n) is 4.54. The molecule has 1 fully saturated rings. The zero-order valence-corrected chi connectivity index (χ0v) is 14.7. The van der Waals surface area contributed by atoms with Crippen LogP contribution in [0.25, 0.3) is 0 Å². The molecule has 2 aliphatic heterocycles. The molecule has 0 aromatic heterocycles. The summed E-state index contributed by atoms with van der Waals surface area (Å²) in [6, 6.07) is 12.7. The van der Waals surface area contributed by atoms with Crippen LogP contribution < -0.4 is 19.7 Å². The minimum Gasteiger partial charge on any atom is -0.454 e. The van der Waals surface area contributed by atoms with Crippen molar-refractivity contribution in [1.82, 2.24) is 5.32 Å². The van der Waals surface area contributed by atoms with E-state index in [0.717, 1.165) is 5.56 Å². The highest BCUT2D eigenvalue weighted by molar-refractivity contribution is 6.33. The molecule has 1 N–H and O–H groups in total. The SMILES string of the molecule is O=C(NCc1ccc2c(c1)OCO2)[C@@H]1CC(=O)N(c2ccccc2Cl)C1. The number of carbonyl (C=O) groups excluding carboxylic acids is 2. The number of hydrogen-bond donors (Lipinski definition) is 1. The normalized spacial score (nSPS) is 18.3. The van der Waals surface area contributed by atoms with E-state index in [2.05, 4.69) is 5.32 Å². The number of para-hydroxylation sites is 1. The summed E-state index contributed by atoms with van der Waals surface area (Å²) in [5.41, 5.74) is 1.56. The van der Waals surface area contributed by atoms with Gasteiger partial charge in [0.1, 0.15) is 0 Å². The molecular weight excluding hydrogens is 356 g/mol. The van der Waals surface area contributed by atoms with E-state index < -0.39 is 5.92 Å². The fourth-order valence-electron chi connectivity index (χ4n) is 3.17. The van der Waals surface area contributed by atoms with Gasteiger partial charge in [-0.15, -0.1) is 0 Å². The van der Waals surface area contributed by atoms with Crippen molar-refractivity contribution >= 4 is 29.1 Å². The van der Waals surface area contributed by atoms with Crippen LogP contribution in [0.2, 0.25) is 5.02 Å². The number of ether oxygens (including phenoxy) is 2. The van der Waals surface area contributed by atoms with Gasteiger partial charge in [0.2, 0.25) is 18.6 Å². The average Bonchev–Trinajstić information content (AvgIpc) is 3.26. The Labute approximate surface area is 155 Å². The molecule has 0 saturated carbocycles. The highest BCUT2D eigenvalue weighted by atomic mass is 35.5. The number of anilines is 1. The molecular formula is C19H17ClN2O4. The summed E-state index contributed by atoms with van der Waals surface area (Å²) in [7, 11) is 0. The Morgan fingerprint density at radius 1 is 1.19 bits per heavy atom. The van der Waals surface area contributed by atoms with Crippen molar-refractivity contribution in [3.05, 3.63) is 53.1 Å². The van der Waals surface area contributed by atoms with Gasteiger partial charge >= 0.3 is 0 Å². The smallest absolute Gasteiger partial charge is 0.231 e. The first-order chi connectivity index (χ1) is 12.6. The molecule has 0 spiro atoms. The molecule has 0 aliphatic carbocycles. The second-order valence-corrected chi connectivity index (χ2v) is 6.67. The summed E-state index contributed by atoms with van der Waals surface area (Å²) >= 11 is 6.17. The van der Waals surface area contributed by atoms with Crippen molar-refractivity contribution in [2.24, 2.45) is 5.92 Å². The maximum absolute atomic E-state index is 12.5. The molecule has 134 valence electrons. The molecule has 6 nitrogen and oxygen atoms in total. The maximum atomic E-state index is 12.5. The molecule has 1 atom stereocenters. The Kier molecular flexibility index (Phi) is 4.42. The molecule has 0 unspecified atom stereocenters. The summed E-state index contributed by atoms with van der Waals surface area (Å²) in [6.07, 6.45) is 0.179. The van der Waals surface area contributed by atoms with Gasteiger partial charge in [-0.25, -0.2) is 0 Å². The van der Waals surface area contributed by atoms with E-state index in [4.69, 9.17) is 21.1 Å². The van der Waals surface area contributed by atoms with Crippen molar-refractivity contribution in [3.63, 3.8) is 0 Å². The van der Waals surface area contributed by atoms with E-state index in [1.165, 1.54) is 0 Å². The number of rotatable bonds is 4. The molecule has 2 aromatic carbocycles. The van der Waals surface area contributed by atoms with Gasteiger partial charge in [-0.05, 0) is 29.8 Å². The molecule has 0 radical (unpaired) electrons. The fraction of sp³-hybridized carbons (Fsp3) is 0.263. The van der Waals surface area contributed by atoms with Gasteiger partial charge < -0.3 is 19.7 Å². The zero-order valence-electron chi connectivity index (χ0n) is 13.9. The van der Waals surface area contributed by atoms with Crippen LogP contribution in [0.1, 0.15) is 12.0 Å². The van der Waals surface area contributed by atoms with Crippen LogP contribution in [0.3, 0.4) is 0 Å². The highest BCUT2D eigenvalue weighted by Crippen LogP contribution is 2.33. The molecule has 26 heavy (non-hydrogen) atoms. The van der Waals surface area contributed by atoms with Gasteiger partial charge in [0, 0.05) is 19.5 Å². The number of hydrogen-bond acceptors (Lipinski definition) is 4. The van der Waals surface area contributed by atoms with E-state index in [0.29, 0.717) is 35.3 Å². The first-order valence-corrected chi connectivity index (χ1v) is 8.71. The Morgan fingerprint density at radius 2 is 2.00 bits per heavy atom. The summed E-state index contributed by atoms with van der Waals surface area (Å²) in [5.74, 6) is 0.745.